The molecule has 0 saturated carbocycles. The fourth-order valence-electron chi connectivity index (χ4n) is 3.61. The van der Waals surface area contributed by atoms with Gasteiger partial charge in [0.05, 0.1) is 23.7 Å². The zero-order valence-electron chi connectivity index (χ0n) is 21.1. The number of hydrogen-bond acceptors (Lipinski definition) is 5. The lowest BCUT2D eigenvalue weighted by atomic mass is 10.1. The van der Waals surface area contributed by atoms with Crippen LogP contribution in [0, 0.1) is 6.92 Å². The Bertz CT molecular complexity index is 1210. The second-order valence-corrected chi connectivity index (χ2v) is 10.2. The molecule has 0 saturated heterocycles. The van der Waals surface area contributed by atoms with Crippen LogP contribution >= 0.6 is 0 Å². The molecule has 0 aliphatic rings. The fraction of sp³-hybridized carbons (Fsp3) is 0.321. The smallest absolute Gasteiger partial charge is 0.264 e. The van der Waals surface area contributed by atoms with Crippen molar-refractivity contribution in [3.63, 3.8) is 0 Å². The van der Waals surface area contributed by atoms with Crippen molar-refractivity contribution < 1.29 is 22.7 Å². The summed E-state index contributed by atoms with van der Waals surface area (Å²) < 4.78 is 39.2. The van der Waals surface area contributed by atoms with E-state index >= 15 is 0 Å². The Morgan fingerprint density at radius 3 is 2.08 bits per heavy atom. The number of nitrogens with one attached hydrogen (secondary N) is 1. The highest BCUT2D eigenvalue weighted by Crippen LogP contribution is 2.26. The molecule has 1 N–H and O–H groups in total. The zero-order valence-corrected chi connectivity index (χ0v) is 21.9. The van der Waals surface area contributed by atoms with Gasteiger partial charge in [-0.1, -0.05) is 43.2 Å². The lowest BCUT2D eigenvalue weighted by molar-refractivity contribution is -0.119. The number of aryl methyl sites for hydroxylation is 2. The number of benzene rings is 3. The second kappa shape index (κ2) is 13.0. The number of anilines is 1. The molecule has 36 heavy (non-hydrogen) atoms. The summed E-state index contributed by atoms with van der Waals surface area (Å²) in [6.45, 7) is 6.54. The van der Waals surface area contributed by atoms with Gasteiger partial charge in [-0.25, -0.2) is 8.42 Å². The van der Waals surface area contributed by atoms with Crippen LogP contribution in [0.25, 0.3) is 0 Å². The molecule has 0 spiro atoms. The van der Waals surface area contributed by atoms with Crippen LogP contribution in [-0.2, 0) is 21.2 Å². The first-order chi connectivity index (χ1) is 17.3. The lowest BCUT2D eigenvalue weighted by Crippen LogP contribution is -2.41. The zero-order chi connectivity index (χ0) is 26.0. The molecule has 0 aliphatic carbocycles. The standard InChI is InChI=1S/C28H34N2O5S/c1-4-6-23-9-13-26(14-10-23)35-20-19-29-28(31)21-30(24-11-15-25(16-12-24)34-5-2)36(32,33)27-17-7-22(3)8-18-27/h7-18H,4-6,19-21H2,1-3H3,(H,29,31). The molecule has 3 aromatic rings. The molecule has 7 nitrogen and oxygen atoms in total. The third kappa shape index (κ3) is 7.49. The van der Waals surface area contributed by atoms with E-state index in [1.54, 1.807) is 48.5 Å². The van der Waals surface area contributed by atoms with Crippen LogP contribution in [0.15, 0.2) is 77.7 Å². The Hall–Kier alpha value is -3.52. The van der Waals surface area contributed by atoms with E-state index < -0.39 is 15.9 Å². The maximum absolute atomic E-state index is 13.5. The van der Waals surface area contributed by atoms with Gasteiger partial charge in [0, 0.05) is 0 Å². The number of hydrogen-bond donors (Lipinski definition) is 1. The van der Waals surface area contributed by atoms with E-state index in [0.717, 1.165) is 28.5 Å². The van der Waals surface area contributed by atoms with Gasteiger partial charge in [0.15, 0.2) is 0 Å². The Balaban J connectivity index is 1.67. The molecule has 8 heteroatoms. The summed E-state index contributed by atoms with van der Waals surface area (Å²) in [5.74, 6) is 0.918. The summed E-state index contributed by atoms with van der Waals surface area (Å²) in [7, 11) is -3.97. The van der Waals surface area contributed by atoms with Crippen molar-refractivity contribution in [1.29, 1.82) is 0 Å². The topological polar surface area (TPSA) is 84.9 Å². The summed E-state index contributed by atoms with van der Waals surface area (Å²) in [5.41, 5.74) is 2.57. The Morgan fingerprint density at radius 1 is 0.861 bits per heavy atom. The summed E-state index contributed by atoms with van der Waals surface area (Å²) in [6.07, 6.45) is 2.10. The fourth-order valence-corrected chi connectivity index (χ4v) is 5.04. The number of nitrogens with zero attached hydrogens (tertiary/aromatic N) is 1. The largest absolute Gasteiger partial charge is 0.494 e. The predicted octanol–water partition coefficient (Wildman–Crippen LogP) is 4.74. The van der Waals surface area contributed by atoms with Crippen molar-refractivity contribution in [3.8, 4) is 11.5 Å². The molecule has 3 rings (SSSR count). The normalized spacial score (nSPS) is 11.1. The van der Waals surface area contributed by atoms with Crippen LogP contribution in [0.3, 0.4) is 0 Å². The van der Waals surface area contributed by atoms with Gasteiger partial charge in [-0.2, -0.15) is 0 Å². The van der Waals surface area contributed by atoms with Gasteiger partial charge in [-0.3, -0.25) is 9.10 Å². The Kier molecular flexibility index (Phi) is 9.76. The van der Waals surface area contributed by atoms with Crippen LogP contribution in [-0.4, -0.2) is 40.6 Å². The third-order valence-corrected chi connectivity index (χ3v) is 7.27. The molecule has 0 atom stereocenters. The molecule has 0 heterocycles. The Morgan fingerprint density at radius 2 is 1.47 bits per heavy atom. The minimum atomic E-state index is -3.97. The van der Waals surface area contributed by atoms with E-state index in [1.807, 2.05) is 38.1 Å². The molecule has 3 aromatic carbocycles. The highest BCUT2D eigenvalue weighted by molar-refractivity contribution is 7.92. The van der Waals surface area contributed by atoms with Gasteiger partial charge < -0.3 is 14.8 Å². The van der Waals surface area contributed by atoms with Crippen molar-refractivity contribution in [1.82, 2.24) is 5.32 Å². The number of carbonyl (C=O) groups excluding carboxylic acids is 1. The van der Waals surface area contributed by atoms with E-state index in [4.69, 9.17) is 9.47 Å². The van der Waals surface area contributed by atoms with Crippen LogP contribution in [0.5, 0.6) is 11.5 Å². The first-order valence-electron chi connectivity index (χ1n) is 12.1. The van der Waals surface area contributed by atoms with E-state index in [0.29, 0.717) is 18.0 Å². The van der Waals surface area contributed by atoms with E-state index in [2.05, 4.69) is 12.2 Å². The highest BCUT2D eigenvalue weighted by atomic mass is 32.2. The lowest BCUT2D eigenvalue weighted by Gasteiger charge is -2.24. The first kappa shape index (κ1) is 27.1. The molecule has 0 fully saturated rings. The molecule has 0 aromatic heterocycles. The van der Waals surface area contributed by atoms with Gasteiger partial charge in [0.2, 0.25) is 5.91 Å². The van der Waals surface area contributed by atoms with Crippen molar-refractivity contribution in [3.05, 3.63) is 83.9 Å². The summed E-state index contributed by atoms with van der Waals surface area (Å²) in [6, 6.07) is 21.1. The van der Waals surface area contributed by atoms with Crippen molar-refractivity contribution in [2.45, 2.75) is 38.5 Å². The molecular weight excluding hydrogens is 476 g/mol. The molecule has 0 radical (unpaired) electrons. The maximum Gasteiger partial charge on any atom is 0.264 e. The van der Waals surface area contributed by atoms with E-state index in [-0.39, 0.29) is 24.6 Å². The number of ether oxygens (including phenoxy) is 2. The van der Waals surface area contributed by atoms with Gasteiger partial charge >= 0.3 is 0 Å². The first-order valence-corrected chi connectivity index (χ1v) is 13.6. The predicted molar refractivity (Wildman–Crippen MR) is 142 cm³/mol. The number of rotatable bonds is 13. The molecule has 1 amide bonds. The number of carbonyl (C=O) groups is 1. The molecule has 0 bridgehead atoms. The van der Waals surface area contributed by atoms with Crippen LogP contribution in [0.2, 0.25) is 0 Å². The minimum Gasteiger partial charge on any atom is -0.494 e. The summed E-state index contributed by atoms with van der Waals surface area (Å²) in [4.78, 5) is 12.9. The molecule has 192 valence electrons. The number of sulfonamides is 1. The van der Waals surface area contributed by atoms with Crippen molar-refractivity contribution >= 4 is 21.6 Å². The average molecular weight is 511 g/mol. The Labute approximate surface area is 214 Å². The van der Waals surface area contributed by atoms with Gasteiger partial charge in [0.25, 0.3) is 10.0 Å². The molecule has 0 unspecified atom stereocenters. The van der Waals surface area contributed by atoms with Crippen LogP contribution < -0.4 is 19.1 Å². The summed E-state index contributed by atoms with van der Waals surface area (Å²) in [5, 5.41) is 2.75. The summed E-state index contributed by atoms with van der Waals surface area (Å²) >= 11 is 0. The van der Waals surface area contributed by atoms with Gasteiger partial charge in [0.1, 0.15) is 24.7 Å². The van der Waals surface area contributed by atoms with Gasteiger partial charge in [-0.15, -0.1) is 0 Å². The van der Waals surface area contributed by atoms with Crippen LogP contribution in [0.1, 0.15) is 31.4 Å². The maximum atomic E-state index is 13.5. The second-order valence-electron chi connectivity index (χ2n) is 8.34. The van der Waals surface area contributed by atoms with Crippen molar-refractivity contribution in [2.75, 3.05) is 30.6 Å². The average Bonchev–Trinajstić information content (AvgIpc) is 2.87. The van der Waals surface area contributed by atoms with E-state index in [9.17, 15) is 13.2 Å². The highest BCUT2D eigenvalue weighted by Gasteiger charge is 2.27. The number of amides is 1. The van der Waals surface area contributed by atoms with Gasteiger partial charge in [-0.05, 0) is 74.4 Å². The van der Waals surface area contributed by atoms with E-state index in [1.165, 1.54) is 5.56 Å². The van der Waals surface area contributed by atoms with Crippen LogP contribution in [0.4, 0.5) is 5.69 Å². The monoisotopic (exact) mass is 510 g/mol. The van der Waals surface area contributed by atoms with Crippen molar-refractivity contribution in [2.24, 2.45) is 0 Å². The third-order valence-electron chi connectivity index (χ3n) is 5.49. The SMILES string of the molecule is CCCc1ccc(OCCNC(=O)CN(c2ccc(OCC)cc2)S(=O)(=O)c2ccc(C)cc2)cc1. The minimum absolute atomic E-state index is 0.115. The molecular formula is C28H34N2O5S. The quantitative estimate of drug-likeness (QED) is 0.336. The molecule has 0 aliphatic heterocycles.